The molecule has 1 N–H and O–H groups in total. The van der Waals surface area contributed by atoms with Crippen molar-refractivity contribution in [2.75, 3.05) is 12.4 Å². The zero-order chi connectivity index (χ0) is 18.8. The van der Waals surface area contributed by atoms with Gasteiger partial charge in [0.15, 0.2) is 0 Å². The predicted molar refractivity (Wildman–Crippen MR) is 94.5 cm³/mol. The molecule has 1 aliphatic carbocycles. The third-order valence-corrected chi connectivity index (χ3v) is 5.58. The largest absolute Gasteiger partial charge is 0.465 e. The molecule has 1 atom stereocenters. The van der Waals surface area contributed by atoms with Crippen LogP contribution < -0.4 is 5.32 Å². The van der Waals surface area contributed by atoms with Crippen LogP contribution in [0.25, 0.3) is 0 Å². The molecule has 1 aliphatic rings. The Bertz CT molecular complexity index is 872. The molecule has 0 bridgehead atoms. The van der Waals surface area contributed by atoms with Gasteiger partial charge in [-0.3, -0.25) is 19.6 Å². The monoisotopic (exact) mass is 378 g/mol. The minimum Gasteiger partial charge on any atom is -0.465 e. The molecule has 0 fully saturated rings. The van der Waals surface area contributed by atoms with E-state index in [0.717, 1.165) is 42.3 Å². The first-order valence-corrected chi connectivity index (χ1v) is 8.96. The molecule has 9 nitrogen and oxygen atoms in total. The Hall–Kier alpha value is -2.75. The number of amides is 1. The number of aromatic nitrogens is 2. The van der Waals surface area contributed by atoms with Crippen molar-refractivity contribution in [1.82, 2.24) is 9.78 Å². The summed E-state index contributed by atoms with van der Waals surface area (Å²) >= 11 is 1.39. The SMILES string of the molecule is COC(=O)c1c(NC(=O)C(C)n2cc([N+](=O)[O-])cn2)sc2c1CCCC2. The molecule has 0 aliphatic heterocycles. The number of nitro groups is 1. The van der Waals surface area contributed by atoms with Gasteiger partial charge in [0.25, 0.3) is 0 Å². The van der Waals surface area contributed by atoms with Crippen molar-refractivity contribution in [2.45, 2.75) is 38.6 Å². The van der Waals surface area contributed by atoms with Crippen LogP contribution in [0.3, 0.4) is 0 Å². The first-order chi connectivity index (χ1) is 12.4. The van der Waals surface area contributed by atoms with Gasteiger partial charge in [-0.15, -0.1) is 11.3 Å². The summed E-state index contributed by atoms with van der Waals surface area (Å²) in [6.45, 7) is 1.58. The maximum Gasteiger partial charge on any atom is 0.341 e. The zero-order valence-corrected chi connectivity index (χ0v) is 15.2. The second-order valence-electron chi connectivity index (χ2n) is 6.01. The van der Waals surface area contributed by atoms with Crippen LogP contribution in [0.15, 0.2) is 12.4 Å². The van der Waals surface area contributed by atoms with Crippen molar-refractivity contribution in [3.8, 4) is 0 Å². The molecule has 138 valence electrons. The molecule has 0 saturated carbocycles. The molecular formula is C16H18N4O5S. The van der Waals surface area contributed by atoms with Crippen LogP contribution in [-0.2, 0) is 22.4 Å². The average molecular weight is 378 g/mol. The van der Waals surface area contributed by atoms with Crippen LogP contribution in [0, 0.1) is 10.1 Å². The molecule has 0 aromatic carbocycles. The quantitative estimate of drug-likeness (QED) is 0.486. The van der Waals surface area contributed by atoms with Crippen LogP contribution in [0.2, 0.25) is 0 Å². The van der Waals surface area contributed by atoms with E-state index < -0.39 is 22.8 Å². The standard InChI is InChI=1S/C16H18N4O5S/c1-9(19-8-10(7-17-19)20(23)24)14(21)18-15-13(16(22)25-2)11-5-3-4-6-12(11)26-15/h7-9H,3-6H2,1-2H3,(H,18,21). The van der Waals surface area contributed by atoms with E-state index in [4.69, 9.17) is 4.74 Å². The van der Waals surface area contributed by atoms with E-state index in [-0.39, 0.29) is 5.69 Å². The summed E-state index contributed by atoms with van der Waals surface area (Å²) in [5.41, 5.74) is 1.18. The Morgan fingerprint density at radius 1 is 1.42 bits per heavy atom. The summed E-state index contributed by atoms with van der Waals surface area (Å²) < 4.78 is 6.10. The van der Waals surface area contributed by atoms with Crippen molar-refractivity contribution < 1.29 is 19.2 Å². The Kier molecular flexibility index (Phi) is 5.03. The van der Waals surface area contributed by atoms with Crippen molar-refractivity contribution in [3.05, 3.63) is 38.5 Å². The molecule has 2 heterocycles. The number of aryl methyl sites for hydroxylation is 1. The van der Waals surface area contributed by atoms with Crippen LogP contribution in [0.5, 0.6) is 0 Å². The summed E-state index contributed by atoms with van der Waals surface area (Å²) in [4.78, 5) is 36.1. The van der Waals surface area contributed by atoms with Crippen LogP contribution >= 0.6 is 11.3 Å². The molecular weight excluding hydrogens is 360 g/mol. The summed E-state index contributed by atoms with van der Waals surface area (Å²) in [7, 11) is 1.31. The van der Waals surface area contributed by atoms with Gasteiger partial charge < -0.3 is 10.1 Å². The fraction of sp³-hybridized carbons (Fsp3) is 0.438. The molecule has 0 saturated heterocycles. The third-order valence-electron chi connectivity index (χ3n) is 4.37. The number of carbonyl (C=O) groups excluding carboxylic acids is 2. The van der Waals surface area contributed by atoms with Gasteiger partial charge in [0.05, 0.1) is 17.6 Å². The number of ether oxygens (including phenoxy) is 1. The van der Waals surface area contributed by atoms with Gasteiger partial charge in [-0.05, 0) is 38.2 Å². The highest BCUT2D eigenvalue weighted by Gasteiger charge is 2.28. The fourth-order valence-electron chi connectivity index (χ4n) is 2.94. The molecule has 26 heavy (non-hydrogen) atoms. The van der Waals surface area contributed by atoms with Gasteiger partial charge in [0.2, 0.25) is 5.91 Å². The summed E-state index contributed by atoms with van der Waals surface area (Å²) in [6.07, 6.45) is 6.00. The van der Waals surface area contributed by atoms with Gasteiger partial charge in [-0.1, -0.05) is 0 Å². The first-order valence-electron chi connectivity index (χ1n) is 8.14. The lowest BCUT2D eigenvalue weighted by Gasteiger charge is -2.13. The number of fused-ring (bicyclic) bond motifs is 1. The van der Waals surface area contributed by atoms with E-state index in [1.807, 2.05) is 0 Å². The highest BCUT2D eigenvalue weighted by atomic mass is 32.1. The third kappa shape index (κ3) is 3.32. The summed E-state index contributed by atoms with van der Waals surface area (Å²) in [5.74, 6) is -0.881. The number of nitrogens with zero attached hydrogens (tertiary/aromatic N) is 3. The van der Waals surface area contributed by atoms with Crippen LogP contribution in [-0.4, -0.2) is 33.7 Å². The van der Waals surface area contributed by atoms with Crippen LogP contribution in [0.4, 0.5) is 10.7 Å². The number of hydrogen-bond acceptors (Lipinski definition) is 7. The lowest BCUT2D eigenvalue weighted by Crippen LogP contribution is -2.24. The number of anilines is 1. The minimum atomic E-state index is -0.770. The number of hydrogen-bond donors (Lipinski definition) is 1. The average Bonchev–Trinajstić information content (AvgIpc) is 3.25. The molecule has 2 aromatic heterocycles. The van der Waals surface area contributed by atoms with Crippen molar-refractivity contribution in [2.24, 2.45) is 0 Å². The van der Waals surface area contributed by atoms with Crippen molar-refractivity contribution in [1.29, 1.82) is 0 Å². The Morgan fingerprint density at radius 3 is 2.81 bits per heavy atom. The van der Waals surface area contributed by atoms with Gasteiger partial charge in [0.1, 0.15) is 23.4 Å². The molecule has 10 heteroatoms. The van der Waals surface area contributed by atoms with Crippen molar-refractivity contribution >= 4 is 33.9 Å². The second-order valence-corrected chi connectivity index (χ2v) is 7.11. The maximum atomic E-state index is 12.6. The van der Waals surface area contributed by atoms with Crippen molar-refractivity contribution in [3.63, 3.8) is 0 Å². The highest BCUT2D eigenvalue weighted by molar-refractivity contribution is 7.17. The minimum absolute atomic E-state index is 0.188. The summed E-state index contributed by atoms with van der Waals surface area (Å²) in [5, 5.41) is 17.9. The number of nitrogens with one attached hydrogen (secondary N) is 1. The lowest BCUT2D eigenvalue weighted by molar-refractivity contribution is -0.385. The molecule has 0 spiro atoms. The fourth-order valence-corrected chi connectivity index (χ4v) is 4.22. The summed E-state index contributed by atoms with van der Waals surface area (Å²) in [6, 6.07) is -0.770. The Balaban J connectivity index is 1.85. The zero-order valence-electron chi connectivity index (χ0n) is 14.4. The molecule has 1 unspecified atom stereocenters. The van der Waals surface area contributed by atoms with E-state index in [1.165, 1.54) is 29.3 Å². The number of thiophene rings is 1. The maximum absolute atomic E-state index is 12.6. The van der Waals surface area contributed by atoms with E-state index in [9.17, 15) is 19.7 Å². The van der Waals surface area contributed by atoms with Gasteiger partial charge >= 0.3 is 11.7 Å². The second kappa shape index (κ2) is 7.24. The van der Waals surface area contributed by atoms with E-state index in [0.29, 0.717) is 10.6 Å². The van der Waals surface area contributed by atoms with Gasteiger partial charge in [0, 0.05) is 4.88 Å². The molecule has 1 amide bonds. The number of methoxy groups -OCH3 is 1. The van der Waals surface area contributed by atoms with E-state index >= 15 is 0 Å². The van der Waals surface area contributed by atoms with Gasteiger partial charge in [-0.25, -0.2) is 4.79 Å². The van der Waals surface area contributed by atoms with Crippen LogP contribution in [0.1, 0.15) is 46.6 Å². The normalized spacial score (nSPS) is 14.4. The predicted octanol–water partition coefficient (Wildman–Crippen LogP) is 2.72. The highest BCUT2D eigenvalue weighted by Crippen LogP contribution is 2.38. The Morgan fingerprint density at radius 2 is 2.15 bits per heavy atom. The number of esters is 1. The smallest absolute Gasteiger partial charge is 0.341 e. The number of carbonyl (C=O) groups is 2. The molecule has 2 aromatic rings. The topological polar surface area (TPSA) is 116 Å². The van der Waals surface area contributed by atoms with E-state index in [1.54, 1.807) is 6.92 Å². The number of rotatable bonds is 5. The van der Waals surface area contributed by atoms with E-state index in [2.05, 4.69) is 10.4 Å². The first kappa shape index (κ1) is 18.1. The molecule has 0 radical (unpaired) electrons. The van der Waals surface area contributed by atoms with Gasteiger partial charge in [-0.2, -0.15) is 5.10 Å². The lowest BCUT2D eigenvalue weighted by atomic mass is 9.95. The Labute approximate surface area is 153 Å². The molecule has 3 rings (SSSR count).